The van der Waals surface area contributed by atoms with Gasteiger partial charge in [-0.15, -0.1) is 0 Å². The summed E-state index contributed by atoms with van der Waals surface area (Å²) in [5.74, 6) is 0.609. The molecule has 1 amide bonds. The molecule has 0 bridgehead atoms. The molecule has 0 aromatic carbocycles. The number of hydrogen-bond donors (Lipinski definition) is 2. The SMILES string of the molecule is Cc1noc(C)c1CC(=O)NCCC(C)O. The van der Waals surface area contributed by atoms with Gasteiger partial charge in [0.05, 0.1) is 18.2 Å². The van der Waals surface area contributed by atoms with Crippen molar-refractivity contribution in [1.29, 1.82) is 0 Å². The molecule has 5 heteroatoms. The van der Waals surface area contributed by atoms with Gasteiger partial charge in [-0.2, -0.15) is 0 Å². The predicted molar refractivity (Wildman–Crippen MR) is 59.0 cm³/mol. The second-order valence-electron chi connectivity index (χ2n) is 3.97. The van der Waals surface area contributed by atoms with Crippen LogP contribution >= 0.6 is 0 Å². The van der Waals surface area contributed by atoms with Gasteiger partial charge in [0, 0.05) is 12.1 Å². The number of nitrogens with zero attached hydrogens (tertiary/aromatic N) is 1. The number of rotatable bonds is 5. The van der Waals surface area contributed by atoms with E-state index in [1.165, 1.54) is 0 Å². The summed E-state index contributed by atoms with van der Waals surface area (Å²) in [4.78, 5) is 11.5. The topological polar surface area (TPSA) is 75.4 Å². The van der Waals surface area contributed by atoms with Gasteiger partial charge < -0.3 is 14.9 Å². The van der Waals surface area contributed by atoms with Crippen LogP contribution in [0.25, 0.3) is 0 Å². The molecule has 90 valence electrons. The zero-order valence-corrected chi connectivity index (χ0v) is 9.91. The van der Waals surface area contributed by atoms with Crippen molar-refractivity contribution in [1.82, 2.24) is 10.5 Å². The Bertz CT molecular complexity index is 339. The monoisotopic (exact) mass is 226 g/mol. The van der Waals surface area contributed by atoms with Crippen molar-refractivity contribution in [3.05, 3.63) is 17.0 Å². The molecule has 0 saturated heterocycles. The first-order chi connectivity index (χ1) is 7.50. The van der Waals surface area contributed by atoms with Gasteiger partial charge in [0.15, 0.2) is 0 Å². The molecule has 1 rings (SSSR count). The molecule has 1 aromatic rings. The van der Waals surface area contributed by atoms with Gasteiger partial charge in [0.1, 0.15) is 5.76 Å². The Morgan fingerprint density at radius 3 is 2.75 bits per heavy atom. The fourth-order valence-electron chi connectivity index (χ4n) is 1.40. The largest absolute Gasteiger partial charge is 0.393 e. The minimum atomic E-state index is -0.389. The van der Waals surface area contributed by atoms with Crippen LogP contribution in [-0.2, 0) is 11.2 Å². The van der Waals surface area contributed by atoms with E-state index in [1.54, 1.807) is 13.8 Å². The third-order valence-corrected chi connectivity index (χ3v) is 2.40. The van der Waals surface area contributed by atoms with Crippen molar-refractivity contribution >= 4 is 5.91 Å². The molecule has 1 aromatic heterocycles. The van der Waals surface area contributed by atoms with Crippen LogP contribution in [0, 0.1) is 13.8 Å². The van der Waals surface area contributed by atoms with Crippen LogP contribution in [0.2, 0.25) is 0 Å². The molecule has 2 N–H and O–H groups in total. The molecule has 1 atom stereocenters. The smallest absolute Gasteiger partial charge is 0.224 e. The Morgan fingerprint density at radius 2 is 2.25 bits per heavy atom. The summed E-state index contributed by atoms with van der Waals surface area (Å²) in [6.07, 6.45) is 0.452. The average molecular weight is 226 g/mol. The van der Waals surface area contributed by atoms with E-state index in [-0.39, 0.29) is 18.4 Å². The van der Waals surface area contributed by atoms with Crippen molar-refractivity contribution in [2.45, 2.75) is 39.7 Å². The third kappa shape index (κ3) is 3.66. The van der Waals surface area contributed by atoms with Crippen LogP contribution in [-0.4, -0.2) is 28.8 Å². The van der Waals surface area contributed by atoms with Crippen LogP contribution in [0.4, 0.5) is 0 Å². The number of aryl methyl sites for hydroxylation is 2. The Balaban J connectivity index is 2.40. The average Bonchev–Trinajstić information content (AvgIpc) is 2.49. The van der Waals surface area contributed by atoms with Gasteiger partial charge in [-0.3, -0.25) is 4.79 Å². The second-order valence-corrected chi connectivity index (χ2v) is 3.97. The highest BCUT2D eigenvalue weighted by Crippen LogP contribution is 2.12. The molecule has 0 aliphatic rings. The second kappa shape index (κ2) is 5.65. The summed E-state index contributed by atoms with van der Waals surface area (Å²) in [6, 6.07) is 0. The van der Waals surface area contributed by atoms with Gasteiger partial charge >= 0.3 is 0 Å². The minimum absolute atomic E-state index is 0.0740. The molecule has 0 fully saturated rings. The van der Waals surface area contributed by atoms with Crippen molar-refractivity contribution < 1.29 is 14.4 Å². The number of amides is 1. The highest BCUT2D eigenvalue weighted by atomic mass is 16.5. The van der Waals surface area contributed by atoms with Crippen molar-refractivity contribution in [3.63, 3.8) is 0 Å². The molecule has 0 radical (unpaired) electrons. The van der Waals surface area contributed by atoms with E-state index < -0.39 is 0 Å². The molecular formula is C11H18N2O3. The summed E-state index contributed by atoms with van der Waals surface area (Å²) in [7, 11) is 0. The van der Waals surface area contributed by atoms with Crippen LogP contribution in [0.15, 0.2) is 4.52 Å². The zero-order valence-electron chi connectivity index (χ0n) is 9.91. The number of aliphatic hydroxyl groups is 1. The number of aliphatic hydroxyl groups excluding tert-OH is 1. The first-order valence-corrected chi connectivity index (χ1v) is 5.37. The summed E-state index contributed by atoms with van der Waals surface area (Å²) in [5.41, 5.74) is 1.60. The molecule has 0 saturated carbocycles. The van der Waals surface area contributed by atoms with E-state index in [4.69, 9.17) is 9.63 Å². The van der Waals surface area contributed by atoms with E-state index in [2.05, 4.69) is 10.5 Å². The fraction of sp³-hybridized carbons (Fsp3) is 0.636. The summed E-state index contributed by atoms with van der Waals surface area (Å²) < 4.78 is 4.97. The van der Waals surface area contributed by atoms with E-state index in [9.17, 15) is 4.79 Å². The molecule has 1 heterocycles. The van der Waals surface area contributed by atoms with E-state index in [1.807, 2.05) is 6.92 Å². The van der Waals surface area contributed by atoms with Crippen molar-refractivity contribution in [2.75, 3.05) is 6.54 Å². The van der Waals surface area contributed by atoms with Gasteiger partial charge in [-0.05, 0) is 27.2 Å². The van der Waals surface area contributed by atoms with E-state index >= 15 is 0 Å². The Kier molecular flexibility index (Phi) is 4.49. The molecule has 0 aliphatic heterocycles. The first kappa shape index (κ1) is 12.7. The molecule has 0 spiro atoms. The van der Waals surface area contributed by atoms with Gasteiger partial charge in [0.2, 0.25) is 5.91 Å². The lowest BCUT2D eigenvalue weighted by Gasteiger charge is -2.06. The first-order valence-electron chi connectivity index (χ1n) is 5.37. The Morgan fingerprint density at radius 1 is 1.56 bits per heavy atom. The fourth-order valence-corrected chi connectivity index (χ4v) is 1.40. The molecule has 5 nitrogen and oxygen atoms in total. The Labute approximate surface area is 94.8 Å². The summed E-state index contributed by atoms with van der Waals surface area (Å²) in [6.45, 7) is 5.79. The van der Waals surface area contributed by atoms with Crippen molar-refractivity contribution in [2.24, 2.45) is 0 Å². The van der Waals surface area contributed by atoms with E-state index in [0.717, 1.165) is 11.3 Å². The quantitative estimate of drug-likeness (QED) is 0.775. The summed E-state index contributed by atoms with van der Waals surface area (Å²) >= 11 is 0. The highest BCUT2D eigenvalue weighted by Gasteiger charge is 2.12. The lowest BCUT2D eigenvalue weighted by atomic mass is 10.1. The van der Waals surface area contributed by atoms with Crippen LogP contribution < -0.4 is 5.32 Å². The normalized spacial score (nSPS) is 12.5. The maximum absolute atomic E-state index is 11.5. The standard InChI is InChI=1S/C11H18N2O3/c1-7(14)4-5-12-11(15)6-10-8(2)13-16-9(10)3/h7,14H,4-6H2,1-3H3,(H,12,15). The maximum atomic E-state index is 11.5. The zero-order chi connectivity index (χ0) is 12.1. The third-order valence-electron chi connectivity index (χ3n) is 2.40. The van der Waals surface area contributed by atoms with Crippen molar-refractivity contribution in [3.8, 4) is 0 Å². The minimum Gasteiger partial charge on any atom is -0.393 e. The van der Waals surface area contributed by atoms with Crippen LogP contribution in [0.3, 0.4) is 0 Å². The highest BCUT2D eigenvalue weighted by molar-refractivity contribution is 5.78. The van der Waals surface area contributed by atoms with Crippen LogP contribution in [0.1, 0.15) is 30.4 Å². The molecule has 0 aliphatic carbocycles. The van der Waals surface area contributed by atoms with Gasteiger partial charge in [-0.1, -0.05) is 5.16 Å². The van der Waals surface area contributed by atoms with Gasteiger partial charge in [-0.25, -0.2) is 0 Å². The summed E-state index contributed by atoms with van der Waals surface area (Å²) in [5, 5.41) is 15.6. The molecule has 1 unspecified atom stereocenters. The number of carbonyl (C=O) groups excluding carboxylic acids is 1. The van der Waals surface area contributed by atoms with Gasteiger partial charge in [0.25, 0.3) is 0 Å². The number of aromatic nitrogens is 1. The predicted octanol–water partition coefficient (Wildman–Crippen LogP) is 0.721. The lowest BCUT2D eigenvalue weighted by molar-refractivity contribution is -0.120. The molecule has 16 heavy (non-hydrogen) atoms. The van der Waals surface area contributed by atoms with Crippen LogP contribution in [0.5, 0.6) is 0 Å². The lowest BCUT2D eigenvalue weighted by Crippen LogP contribution is -2.28. The Hall–Kier alpha value is -1.36. The number of nitrogens with one attached hydrogen (secondary N) is 1. The maximum Gasteiger partial charge on any atom is 0.224 e. The molecular weight excluding hydrogens is 208 g/mol. The number of carbonyl (C=O) groups is 1. The number of hydrogen-bond acceptors (Lipinski definition) is 4. The van der Waals surface area contributed by atoms with E-state index in [0.29, 0.717) is 18.7 Å².